The lowest BCUT2D eigenvalue weighted by atomic mass is 10.1. The van der Waals surface area contributed by atoms with E-state index in [-0.39, 0.29) is 12.6 Å². The van der Waals surface area contributed by atoms with Crippen molar-refractivity contribution < 1.29 is 18.7 Å². The van der Waals surface area contributed by atoms with Crippen LogP contribution in [0.5, 0.6) is 0 Å². The molecule has 2 aromatic carbocycles. The van der Waals surface area contributed by atoms with Gasteiger partial charge in [-0.15, -0.1) is 0 Å². The van der Waals surface area contributed by atoms with Crippen LogP contribution in [0.4, 0.5) is 0 Å². The van der Waals surface area contributed by atoms with Gasteiger partial charge in [-0.2, -0.15) is 0 Å². The van der Waals surface area contributed by atoms with Gasteiger partial charge >= 0.3 is 5.97 Å². The van der Waals surface area contributed by atoms with E-state index in [0.29, 0.717) is 5.76 Å². The molecule has 1 unspecified atom stereocenters. The van der Waals surface area contributed by atoms with Gasteiger partial charge in [0.15, 0.2) is 6.61 Å². The Kier molecular flexibility index (Phi) is 5.57. The summed E-state index contributed by atoms with van der Waals surface area (Å²) in [5.41, 5.74) is 2.35. The van der Waals surface area contributed by atoms with Gasteiger partial charge in [-0.3, -0.25) is 9.78 Å². The maximum Gasteiger partial charge on any atom is 0.331 e. The van der Waals surface area contributed by atoms with E-state index < -0.39 is 11.9 Å². The zero-order valence-corrected chi connectivity index (χ0v) is 16.4. The van der Waals surface area contributed by atoms with Gasteiger partial charge in [-0.1, -0.05) is 42.5 Å². The number of carbonyl (C=O) groups is 2. The highest BCUT2D eigenvalue weighted by Gasteiger charge is 2.15. The normalized spacial score (nSPS) is 12.3. The summed E-state index contributed by atoms with van der Waals surface area (Å²) in [6, 6.07) is 18.7. The summed E-state index contributed by atoms with van der Waals surface area (Å²) in [6.07, 6.45) is 4.62. The van der Waals surface area contributed by atoms with Crippen LogP contribution in [0.1, 0.15) is 24.3 Å². The van der Waals surface area contributed by atoms with E-state index in [1.807, 2.05) is 67.6 Å². The Morgan fingerprint density at radius 1 is 1.10 bits per heavy atom. The van der Waals surface area contributed by atoms with Crippen molar-refractivity contribution in [3.63, 3.8) is 0 Å². The molecule has 2 aromatic heterocycles. The SMILES string of the molecule is CC(NC(=O)COC(=O)C=Cc1cccc2cccnc12)c1cc2ccccc2o1. The van der Waals surface area contributed by atoms with Crippen LogP contribution in [0.3, 0.4) is 0 Å². The van der Waals surface area contributed by atoms with Crippen LogP contribution in [0.15, 0.2) is 77.4 Å². The van der Waals surface area contributed by atoms with Crippen LogP contribution in [-0.2, 0) is 14.3 Å². The Morgan fingerprint density at radius 2 is 1.90 bits per heavy atom. The van der Waals surface area contributed by atoms with E-state index >= 15 is 0 Å². The molecule has 4 aromatic rings. The summed E-state index contributed by atoms with van der Waals surface area (Å²) in [4.78, 5) is 28.5. The minimum absolute atomic E-state index is 0.346. The first-order valence-electron chi connectivity index (χ1n) is 9.56. The third kappa shape index (κ3) is 4.38. The first-order chi connectivity index (χ1) is 14.6. The molecule has 6 heteroatoms. The number of carbonyl (C=O) groups excluding carboxylic acids is 2. The van der Waals surface area contributed by atoms with Gasteiger partial charge in [-0.05, 0) is 31.2 Å². The average Bonchev–Trinajstić information content (AvgIpc) is 3.21. The zero-order chi connectivity index (χ0) is 20.9. The molecule has 4 rings (SSSR count). The van der Waals surface area contributed by atoms with Crippen molar-refractivity contribution >= 4 is 39.8 Å². The number of furan rings is 1. The molecule has 0 saturated carbocycles. The molecule has 30 heavy (non-hydrogen) atoms. The number of benzene rings is 2. The quantitative estimate of drug-likeness (QED) is 0.383. The van der Waals surface area contributed by atoms with E-state index in [4.69, 9.17) is 9.15 Å². The Bertz CT molecular complexity index is 1200. The molecular weight excluding hydrogens is 380 g/mol. The fourth-order valence-corrected chi connectivity index (χ4v) is 3.17. The van der Waals surface area contributed by atoms with Crippen molar-refractivity contribution in [1.82, 2.24) is 10.3 Å². The number of aromatic nitrogens is 1. The lowest BCUT2D eigenvalue weighted by molar-refractivity contribution is -0.144. The fourth-order valence-electron chi connectivity index (χ4n) is 3.17. The number of fused-ring (bicyclic) bond motifs is 2. The summed E-state index contributed by atoms with van der Waals surface area (Å²) >= 11 is 0. The standard InChI is InChI=1S/C24H20N2O4/c1-16(21-14-19-6-2-3-10-20(19)30-21)26-22(27)15-29-23(28)12-11-18-8-4-7-17-9-5-13-25-24(17)18/h2-14,16H,15H2,1H3,(H,26,27). The van der Waals surface area contributed by atoms with Gasteiger partial charge in [0, 0.05) is 28.6 Å². The summed E-state index contributed by atoms with van der Waals surface area (Å²) < 4.78 is 10.8. The van der Waals surface area contributed by atoms with E-state index in [2.05, 4.69) is 10.3 Å². The predicted octanol–water partition coefficient (Wildman–Crippen LogP) is 4.41. The van der Waals surface area contributed by atoms with E-state index in [0.717, 1.165) is 27.4 Å². The number of hydrogen-bond donors (Lipinski definition) is 1. The monoisotopic (exact) mass is 400 g/mol. The maximum absolute atomic E-state index is 12.1. The van der Waals surface area contributed by atoms with E-state index in [1.165, 1.54) is 6.08 Å². The average molecular weight is 400 g/mol. The third-order valence-corrected chi connectivity index (χ3v) is 4.66. The number of para-hydroxylation sites is 2. The van der Waals surface area contributed by atoms with Crippen molar-refractivity contribution in [2.45, 2.75) is 13.0 Å². The number of hydrogen-bond acceptors (Lipinski definition) is 5. The summed E-state index contributed by atoms with van der Waals surface area (Å²) in [6.45, 7) is 1.44. The van der Waals surface area contributed by atoms with Crippen LogP contribution < -0.4 is 5.32 Å². The highest BCUT2D eigenvalue weighted by molar-refractivity contribution is 5.93. The molecule has 0 aliphatic heterocycles. The van der Waals surface area contributed by atoms with Crippen LogP contribution >= 0.6 is 0 Å². The Morgan fingerprint density at radius 3 is 2.77 bits per heavy atom. The van der Waals surface area contributed by atoms with Gasteiger partial charge in [0.25, 0.3) is 5.91 Å². The van der Waals surface area contributed by atoms with Gasteiger partial charge in [0.1, 0.15) is 11.3 Å². The molecule has 0 radical (unpaired) electrons. The fraction of sp³-hybridized carbons (Fsp3) is 0.125. The summed E-state index contributed by atoms with van der Waals surface area (Å²) in [5, 5.41) is 4.71. The van der Waals surface area contributed by atoms with E-state index in [1.54, 1.807) is 12.3 Å². The second-order valence-electron chi connectivity index (χ2n) is 6.84. The molecule has 1 N–H and O–H groups in total. The van der Waals surface area contributed by atoms with Gasteiger partial charge < -0.3 is 14.5 Å². The van der Waals surface area contributed by atoms with Gasteiger partial charge in [0.2, 0.25) is 0 Å². The number of amides is 1. The molecule has 0 aliphatic carbocycles. The van der Waals surface area contributed by atoms with Gasteiger partial charge in [0.05, 0.1) is 11.6 Å². The molecule has 2 heterocycles. The molecule has 1 amide bonds. The number of ether oxygens (including phenoxy) is 1. The highest BCUT2D eigenvalue weighted by atomic mass is 16.5. The van der Waals surface area contributed by atoms with Gasteiger partial charge in [-0.25, -0.2) is 4.79 Å². The molecule has 0 spiro atoms. The number of nitrogens with zero attached hydrogens (tertiary/aromatic N) is 1. The molecule has 0 fully saturated rings. The number of nitrogens with one attached hydrogen (secondary N) is 1. The summed E-state index contributed by atoms with van der Waals surface area (Å²) in [7, 11) is 0. The van der Waals surface area contributed by atoms with Crippen molar-refractivity contribution in [3.05, 3.63) is 84.3 Å². The lowest BCUT2D eigenvalue weighted by Crippen LogP contribution is -2.30. The lowest BCUT2D eigenvalue weighted by Gasteiger charge is -2.11. The second-order valence-corrected chi connectivity index (χ2v) is 6.84. The largest absolute Gasteiger partial charge is 0.459 e. The molecule has 1 atom stereocenters. The number of rotatable bonds is 6. The zero-order valence-electron chi connectivity index (χ0n) is 16.4. The third-order valence-electron chi connectivity index (χ3n) is 4.66. The minimum atomic E-state index is -0.602. The molecular formula is C24H20N2O4. The Balaban J connectivity index is 1.32. The predicted molar refractivity (Wildman–Crippen MR) is 115 cm³/mol. The second kappa shape index (κ2) is 8.61. The highest BCUT2D eigenvalue weighted by Crippen LogP contribution is 2.23. The minimum Gasteiger partial charge on any atom is -0.459 e. The number of esters is 1. The van der Waals surface area contributed by atoms with Crippen molar-refractivity contribution in [3.8, 4) is 0 Å². The molecule has 0 aliphatic rings. The van der Waals surface area contributed by atoms with Crippen LogP contribution in [-0.4, -0.2) is 23.5 Å². The van der Waals surface area contributed by atoms with Crippen molar-refractivity contribution in [2.75, 3.05) is 6.61 Å². The molecule has 6 nitrogen and oxygen atoms in total. The molecule has 0 saturated heterocycles. The summed E-state index contributed by atoms with van der Waals surface area (Å²) in [5.74, 6) is -0.370. The first-order valence-corrected chi connectivity index (χ1v) is 9.56. The first kappa shape index (κ1) is 19.4. The van der Waals surface area contributed by atoms with Crippen LogP contribution in [0, 0.1) is 0 Å². The molecule has 150 valence electrons. The smallest absolute Gasteiger partial charge is 0.331 e. The van der Waals surface area contributed by atoms with Crippen molar-refractivity contribution in [2.24, 2.45) is 0 Å². The Labute approximate surface area is 173 Å². The maximum atomic E-state index is 12.1. The van der Waals surface area contributed by atoms with E-state index in [9.17, 15) is 9.59 Å². The molecule has 0 bridgehead atoms. The van der Waals surface area contributed by atoms with Crippen LogP contribution in [0.25, 0.3) is 27.9 Å². The topological polar surface area (TPSA) is 81.4 Å². The Hall–Kier alpha value is -3.93. The van der Waals surface area contributed by atoms with Crippen molar-refractivity contribution in [1.29, 1.82) is 0 Å². The number of pyridine rings is 1. The van der Waals surface area contributed by atoms with Crippen LogP contribution in [0.2, 0.25) is 0 Å².